The van der Waals surface area contributed by atoms with Crippen molar-refractivity contribution < 1.29 is 4.74 Å². The van der Waals surface area contributed by atoms with Crippen LogP contribution in [0.5, 0.6) is 5.75 Å². The lowest BCUT2D eigenvalue weighted by Crippen LogP contribution is -2.11. The van der Waals surface area contributed by atoms with Gasteiger partial charge in [-0.3, -0.25) is 0 Å². The minimum absolute atomic E-state index is 0.211. The van der Waals surface area contributed by atoms with Crippen LogP contribution in [0.25, 0.3) is 0 Å². The van der Waals surface area contributed by atoms with Gasteiger partial charge in [0.1, 0.15) is 5.75 Å². The molecule has 0 fully saturated rings. The van der Waals surface area contributed by atoms with Gasteiger partial charge in [0.25, 0.3) is 0 Å². The van der Waals surface area contributed by atoms with Crippen LogP contribution in [-0.2, 0) is 0 Å². The molecule has 0 aliphatic carbocycles. The van der Waals surface area contributed by atoms with Gasteiger partial charge < -0.3 is 4.74 Å². The molecule has 0 aliphatic heterocycles. The van der Waals surface area contributed by atoms with E-state index in [2.05, 4.69) is 19.9 Å². The molecule has 15 heavy (non-hydrogen) atoms. The smallest absolute Gasteiger partial charge is 0.123 e. The minimum Gasteiger partial charge on any atom is -0.490 e. The van der Waals surface area contributed by atoms with Gasteiger partial charge in [-0.2, -0.15) is 5.26 Å². The molecule has 80 valence electrons. The third kappa shape index (κ3) is 3.28. The van der Waals surface area contributed by atoms with E-state index in [-0.39, 0.29) is 6.10 Å². The Morgan fingerprint density at radius 2 is 2.20 bits per heavy atom. The Bertz CT molecular complexity index is 365. The van der Waals surface area contributed by atoms with E-state index >= 15 is 0 Å². The van der Waals surface area contributed by atoms with Crippen molar-refractivity contribution in [2.24, 2.45) is 0 Å². The van der Waals surface area contributed by atoms with Crippen LogP contribution in [0.15, 0.2) is 18.2 Å². The molecule has 0 aromatic heterocycles. The second kappa shape index (κ2) is 5.41. The van der Waals surface area contributed by atoms with Crippen LogP contribution >= 0.6 is 0 Å². The number of nitrogens with zero attached hydrogens (tertiary/aromatic N) is 1. The average molecular weight is 203 g/mol. The Kier molecular flexibility index (Phi) is 4.17. The molecule has 0 saturated heterocycles. The minimum atomic E-state index is 0.211. The summed E-state index contributed by atoms with van der Waals surface area (Å²) in [6.45, 7) is 6.19. The second-order valence-corrected chi connectivity index (χ2v) is 3.81. The molecule has 2 heteroatoms. The van der Waals surface area contributed by atoms with Crippen LogP contribution in [0.2, 0.25) is 0 Å². The predicted octanol–water partition coefficient (Wildman–Crippen LogP) is 3.43. The highest BCUT2D eigenvalue weighted by molar-refractivity contribution is 5.41. The Labute approximate surface area is 91.5 Å². The van der Waals surface area contributed by atoms with Crippen LogP contribution in [0.4, 0.5) is 0 Å². The van der Waals surface area contributed by atoms with Crippen LogP contribution in [0.3, 0.4) is 0 Å². The number of nitriles is 1. The zero-order valence-electron chi connectivity index (χ0n) is 9.58. The fraction of sp³-hybridized carbons (Fsp3) is 0.462. The van der Waals surface area contributed by atoms with Crippen molar-refractivity contribution in [2.75, 3.05) is 0 Å². The Morgan fingerprint density at radius 3 is 2.80 bits per heavy atom. The van der Waals surface area contributed by atoms with Gasteiger partial charge >= 0.3 is 0 Å². The summed E-state index contributed by atoms with van der Waals surface area (Å²) in [7, 11) is 0. The quantitative estimate of drug-likeness (QED) is 0.751. The van der Waals surface area contributed by atoms with Crippen molar-refractivity contribution in [2.45, 2.75) is 39.7 Å². The molecule has 0 radical (unpaired) electrons. The first-order valence-electron chi connectivity index (χ1n) is 5.34. The van der Waals surface area contributed by atoms with E-state index in [0.717, 1.165) is 24.2 Å². The van der Waals surface area contributed by atoms with Crippen molar-refractivity contribution in [1.29, 1.82) is 5.26 Å². The molecule has 0 aliphatic rings. The molecule has 1 aromatic rings. The third-order valence-electron chi connectivity index (χ3n) is 2.34. The summed E-state index contributed by atoms with van der Waals surface area (Å²) in [5.74, 6) is 0.829. The number of rotatable bonds is 4. The number of hydrogen-bond donors (Lipinski definition) is 0. The summed E-state index contributed by atoms with van der Waals surface area (Å²) in [4.78, 5) is 0. The lowest BCUT2D eigenvalue weighted by molar-refractivity contribution is 0.208. The SMILES string of the molecule is CCCC(C)Oc1cc(C#N)ccc1C. The molecule has 0 heterocycles. The highest BCUT2D eigenvalue weighted by atomic mass is 16.5. The van der Waals surface area contributed by atoms with Crippen LogP contribution in [0.1, 0.15) is 37.8 Å². The first-order chi connectivity index (χ1) is 7.17. The molecule has 0 spiro atoms. The fourth-order valence-corrected chi connectivity index (χ4v) is 1.48. The number of hydrogen-bond acceptors (Lipinski definition) is 2. The Morgan fingerprint density at radius 1 is 1.47 bits per heavy atom. The largest absolute Gasteiger partial charge is 0.490 e. The molecular weight excluding hydrogens is 186 g/mol. The van der Waals surface area contributed by atoms with E-state index in [1.165, 1.54) is 0 Å². The molecule has 0 amide bonds. The summed E-state index contributed by atoms with van der Waals surface area (Å²) in [5.41, 5.74) is 1.73. The van der Waals surface area contributed by atoms with Gasteiger partial charge in [-0.15, -0.1) is 0 Å². The molecule has 1 unspecified atom stereocenters. The number of benzene rings is 1. The fourth-order valence-electron chi connectivity index (χ4n) is 1.48. The van der Waals surface area contributed by atoms with Crippen molar-refractivity contribution in [3.8, 4) is 11.8 Å². The van der Waals surface area contributed by atoms with E-state index in [0.29, 0.717) is 5.56 Å². The second-order valence-electron chi connectivity index (χ2n) is 3.81. The van der Waals surface area contributed by atoms with Crippen molar-refractivity contribution in [3.63, 3.8) is 0 Å². The molecule has 1 rings (SSSR count). The van der Waals surface area contributed by atoms with E-state index in [1.54, 1.807) is 0 Å². The van der Waals surface area contributed by atoms with E-state index < -0.39 is 0 Å². The van der Waals surface area contributed by atoms with Crippen LogP contribution < -0.4 is 4.74 Å². The molecule has 1 aromatic carbocycles. The predicted molar refractivity (Wildman–Crippen MR) is 60.9 cm³/mol. The molecule has 0 N–H and O–H groups in total. The van der Waals surface area contributed by atoms with Crippen LogP contribution in [-0.4, -0.2) is 6.10 Å². The first kappa shape index (κ1) is 11.6. The van der Waals surface area contributed by atoms with Gasteiger partial charge in [-0.1, -0.05) is 19.4 Å². The zero-order valence-corrected chi connectivity index (χ0v) is 9.58. The van der Waals surface area contributed by atoms with Crippen LogP contribution in [0, 0.1) is 18.3 Å². The van der Waals surface area contributed by atoms with Gasteiger partial charge in [0.15, 0.2) is 0 Å². The Hall–Kier alpha value is -1.49. The summed E-state index contributed by atoms with van der Waals surface area (Å²) in [5, 5.41) is 8.78. The summed E-state index contributed by atoms with van der Waals surface area (Å²) < 4.78 is 5.78. The van der Waals surface area contributed by atoms with Crippen molar-refractivity contribution >= 4 is 0 Å². The topological polar surface area (TPSA) is 33.0 Å². The molecule has 1 atom stereocenters. The Balaban J connectivity index is 2.80. The van der Waals surface area contributed by atoms with Crippen molar-refractivity contribution in [1.82, 2.24) is 0 Å². The first-order valence-corrected chi connectivity index (χ1v) is 5.34. The van der Waals surface area contributed by atoms with Gasteiger partial charge in [0.2, 0.25) is 0 Å². The average Bonchev–Trinajstić information content (AvgIpc) is 2.21. The van der Waals surface area contributed by atoms with Crippen molar-refractivity contribution in [3.05, 3.63) is 29.3 Å². The number of aryl methyl sites for hydroxylation is 1. The molecule has 0 saturated carbocycles. The van der Waals surface area contributed by atoms with Gasteiger partial charge in [-0.05, 0) is 38.0 Å². The molecular formula is C13H17NO. The lowest BCUT2D eigenvalue weighted by Gasteiger charge is -2.15. The maximum absolute atomic E-state index is 8.78. The van der Waals surface area contributed by atoms with Gasteiger partial charge in [0, 0.05) is 0 Å². The van der Waals surface area contributed by atoms with E-state index in [9.17, 15) is 0 Å². The van der Waals surface area contributed by atoms with E-state index in [4.69, 9.17) is 10.00 Å². The monoisotopic (exact) mass is 203 g/mol. The lowest BCUT2D eigenvalue weighted by atomic mass is 10.1. The highest BCUT2D eigenvalue weighted by Crippen LogP contribution is 2.21. The van der Waals surface area contributed by atoms with Gasteiger partial charge in [-0.25, -0.2) is 0 Å². The highest BCUT2D eigenvalue weighted by Gasteiger charge is 2.06. The molecule has 2 nitrogen and oxygen atoms in total. The zero-order chi connectivity index (χ0) is 11.3. The summed E-state index contributed by atoms with van der Waals surface area (Å²) in [6.07, 6.45) is 2.36. The maximum Gasteiger partial charge on any atom is 0.123 e. The summed E-state index contributed by atoms with van der Waals surface area (Å²) >= 11 is 0. The van der Waals surface area contributed by atoms with Gasteiger partial charge in [0.05, 0.1) is 17.7 Å². The normalized spacial score (nSPS) is 11.9. The third-order valence-corrected chi connectivity index (χ3v) is 2.34. The number of ether oxygens (including phenoxy) is 1. The summed E-state index contributed by atoms with van der Waals surface area (Å²) in [6, 6.07) is 7.66. The molecule has 0 bridgehead atoms. The maximum atomic E-state index is 8.78. The standard InChI is InChI=1S/C13H17NO/c1-4-5-11(3)15-13-8-12(9-14)7-6-10(13)2/h6-8,11H,4-5H2,1-3H3. The van der Waals surface area contributed by atoms with E-state index in [1.807, 2.05) is 25.1 Å².